The molecule has 26 heavy (non-hydrogen) atoms. The zero-order chi connectivity index (χ0) is 19.0. The molecule has 2 aromatic rings. The SMILES string of the molecule is CN(C)CC(=O)c1ccc2c(c1)/C(=C/c1cc(Br)c(O)c(Br)c1)C(=O)N2. The Labute approximate surface area is 168 Å². The van der Waals surface area contributed by atoms with E-state index in [2.05, 4.69) is 37.2 Å². The number of carbonyl (C=O) groups excluding carboxylic acids is 2. The number of halogens is 2. The minimum absolute atomic E-state index is 0.00776. The highest BCUT2D eigenvalue weighted by molar-refractivity contribution is 9.11. The summed E-state index contributed by atoms with van der Waals surface area (Å²) in [6.07, 6.45) is 1.73. The zero-order valence-electron chi connectivity index (χ0n) is 14.1. The van der Waals surface area contributed by atoms with Crippen LogP contribution in [0.4, 0.5) is 5.69 Å². The van der Waals surface area contributed by atoms with Crippen LogP contribution < -0.4 is 5.32 Å². The maximum Gasteiger partial charge on any atom is 0.256 e. The van der Waals surface area contributed by atoms with Gasteiger partial charge in [-0.25, -0.2) is 0 Å². The van der Waals surface area contributed by atoms with Gasteiger partial charge in [0.05, 0.1) is 15.5 Å². The van der Waals surface area contributed by atoms with Gasteiger partial charge in [0.25, 0.3) is 5.91 Å². The molecule has 7 heteroatoms. The van der Waals surface area contributed by atoms with E-state index in [4.69, 9.17) is 0 Å². The van der Waals surface area contributed by atoms with E-state index >= 15 is 0 Å². The standard InChI is InChI=1S/C19H16Br2N2O3/c1-23(2)9-17(24)11-3-4-16-12(8-11)13(19(26)22-16)5-10-6-14(20)18(25)15(21)7-10/h3-8,25H,9H2,1-2H3,(H,22,26)/b13-5-. The lowest BCUT2D eigenvalue weighted by molar-refractivity contribution is -0.110. The highest BCUT2D eigenvalue weighted by Gasteiger charge is 2.25. The molecule has 0 saturated carbocycles. The highest BCUT2D eigenvalue weighted by Crippen LogP contribution is 2.37. The van der Waals surface area contributed by atoms with E-state index in [0.29, 0.717) is 37.9 Å². The number of amides is 1. The lowest BCUT2D eigenvalue weighted by Crippen LogP contribution is -2.21. The first-order valence-electron chi connectivity index (χ1n) is 7.79. The number of phenols is 1. The fourth-order valence-electron chi connectivity index (χ4n) is 2.72. The molecule has 1 aliphatic heterocycles. The molecule has 0 aromatic heterocycles. The second-order valence-corrected chi connectivity index (χ2v) is 7.98. The Hall–Kier alpha value is -1.96. The largest absolute Gasteiger partial charge is 0.506 e. The predicted octanol–water partition coefficient (Wildman–Crippen LogP) is 4.15. The molecule has 3 rings (SSSR count). The van der Waals surface area contributed by atoms with Gasteiger partial charge in [-0.1, -0.05) is 0 Å². The molecule has 5 nitrogen and oxygen atoms in total. The molecule has 0 aliphatic carbocycles. The Morgan fingerprint density at radius 3 is 2.46 bits per heavy atom. The molecule has 2 aromatic carbocycles. The molecule has 0 atom stereocenters. The fourth-order valence-corrected chi connectivity index (χ4v) is 3.94. The van der Waals surface area contributed by atoms with E-state index in [0.717, 1.165) is 5.56 Å². The lowest BCUT2D eigenvalue weighted by atomic mass is 10.00. The normalized spacial score (nSPS) is 14.7. The van der Waals surface area contributed by atoms with Crippen molar-refractivity contribution in [3.05, 3.63) is 56.0 Å². The van der Waals surface area contributed by atoms with Crippen LogP contribution in [0, 0.1) is 0 Å². The van der Waals surface area contributed by atoms with Crippen LogP contribution in [0.1, 0.15) is 21.5 Å². The molecule has 134 valence electrons. The number of ketones is 1. The van der Waals surface area contributed by atoms with Gasteiger partial charge >= 0.3 is 0 Å². The first-order chi connectivity index (χ1) is 12.3. The summed E-state index contributed by atoms with van der Waals surface area (Å²) in [5.41, 5.74) is 3.15. The number of hydrogen-bond acceptors (Lipinski definition) is 4. The summed E-state index contributed by atoms with van der Waals surface area (Å²) in [6.45, 7) is 0.303. The molecule has 1 heterocycles. The Morgan fingerprint density at radius 1 is 1.19 bits per heavy atom. The van der Waals surface area contributed by atoms with Crippen molar-refractivity contribution in [1.82, 2.24) is 4.90 Å². The molecule has 2 N–H and O–H groups in total. The molecular formula is C19H16Br2N2O3. The van der Waals surface area contributed by atoms with Crippen LogP contribution in [0.3, 0.4) is 0 Å². The third-order valence-corrected chi connectivity index (χ3v) is 5.14. The molecule has 0 unspecified atom stereocenters. The number of nitrogens with zero attached hydrogens (tertiary/aromatic N) is 1. The van der Waals surface area contributed by atoms with Gasteiger partial charge in [0.15, 0.2) is 5.78 Å². The fraction of sp³-hybridized carbons (Fsp3) is 0.158. The van der Waals surface area contributed by atoms with Crippen LogP contribution in [0.15, 0.2) is 39.3 Å². The van der Waals surface area contributed by atoms with Crippen LogP contribution >= 0.6 is 31.9 Å². The summed E-state index contributed by atoms with van der Waals surface area (Å²) in [5, 5.41) is 12.6. The number of hydrogen-bond donors (Lipinski definition) is 2. The van der Waals surface area contributed by atoms with Gasteiger partial charge < -0.3 is 15.3 Å². The summed E-state index contributed by atoms with van der Waals surface area (Å²) in [6, 6.07) is 8.66. The van der Waals surface area contributed by atoms with Crippen LogP contribution in [0.2, 0.25) is 0 Å². The van der Waals surface area contributed by atoms with Crippen LogP contribution in [0.25, 0.3) is 11.6 Å². The van der Waals surface area contributed by atoms with Gasteiger partial charge in [-0.2, -0.15) is 0 Å². The number of aromatic hydroxyl groups is 1. The van der Waals surface area contributed by atoms with Crippen molar-refractivity contribution >= 4 is 60.9 Å². The minimum atomic E-state index is -0.225. The summed E-state index contributed by atoms with van der Waals surface area (Å²) >= 11 is 6.58. The van der Waals surface area contributed by atoms with Crippen molar-refractivity contribution in [1.29, 1.82) is 0 Å². The van der Waals surface area contributed by atoms with Crippen LogP contribution in [-0.4, -0.2) is 42.3 Å². The molecule has 1 amide bonds. The third kappa shape index (κ3) is 3.75. The molecule has 0 spiro atoms. The van der Waals surface area contributed by atoms with Crippen molar-refractivity contribution in [2.45, 2.75) is 0 Å². The van der Waals surface area contributed by atoms with Gasteiger partial charge in [-0.15, -0.1) is 0 Å². The molecule has 0 fully saturated rings. The topological polar surface area (TPSA) is 69.6 Å². The number of rotatable bonds is 4. The summed E-state index contributed by atoms with van der Waals surface area (Å²) in [5.74, 6) is -0.135. The number of anilines is 1. The Bertz CT molecular complexity index is 929. The van der Waals surface area contributed by atoms with E-state index in [-0.39, 0.29) is 17.4 Å². The quantitative estimate of drug-likeness (QED) is 0.510. The van der Waals surface area contributed by atoms with Crippen molar-refractivity contribution in [3.8, 4) is 5.75 Å². The maximum atomic E-state index is 12.4. The van der Waals surface area contributed by atoms with Crippen LogP contribution in [0.5, 0.6) is 5.75 Å². The van der Waals surface area contributed by atoms with Gasteiger partial charge in [0.2, 0.25) is 0 Å². The van der Waals surface area contributed by atoms with Crippen molar-refractivity contribution in [2.24, 2.45) is 0 Å². The summed E-state index contributed by atoms with van der Waals surface area (Å²) < 4.78 is 1.04. The molecular weight excluding hydrogens is 464 g/mol. The van der Waals surface area contributed by atoms with Gasteiger partial charge in [-0.05, 0) is 87.9 Å². The number of carbonyl (C=O) groups is 2. The average molecular weight is 480 g/mol. The first-order valence-corrected chi connectivity index (χ1v) is 9.38. The molecule has 0 bridgehead atoms. The monoisotopic (exact) mass is 478 g/mol. The number of nitrogens with one attached hydrogen (secondary N) is 1. The van der Waals surface area contributed by atoms with E-state index in [1.165, 1.54) is 0 Å². The lowest BCUT2D eigenvalue weighted by Gasteiger charge is -2.09. The summed E-state index contributed by atoms with van der Waals surface area (Å²) in [7, 11) is 3.67. The Balaban J connectivity index is 2.04. The van der Waals surface area contributed by atoms with Gasteiger partial charge in [-0.3, -0.25) is 9.59 Å². The highest BCUT2D eigenvalue weighted by atomic mass is 79.9. The second kappa shape index (κ2) is 7.34. The Morgan fingerprint density at radius 2 is 1.85 bits per heavy atom. The van der Waals surface area contributed by atoms with E-state index in [9.17, 15) is 14.7 Å². The van der Waals surface area contributed by atoms with E-state index in [1.54, 1.807) is 41.3 Å². The first kappa shape index (κ1) is 18.8. The number of benzene rings is 2. The number of Topliss-reactive ketones (excluding diaryl/α,β-unsaturated/α-hetero) is 1. The average Bonchev–Trinajstić information content (AvgIpc) is 2.87. The second-order valence-electron chi connectivity index (χ2n) is 6.27. The van der Waals surface area contributed by atoms with Gasteiger partial charge in [0.1, 0.15) is 5.75 Å². The minimum Gasteiger partial charge on any atom is -0.506 e. The molecule has 0 radical (unpaired) electrons. The number of phenolic OH excluding ortho intramolecular Hbond substituents is 1. The molecule has 0 saturated heterocycles. The summed E-state index contributed by atoms with van der Waals surface area (Å²) in [4.78, 5) is 26.5. The van der Waals surface area contributed by atoms with Gasteiger partial charge in [0, 0.05) is 22.4 Å². The maximum absolute atomic E-state index is 12.4. The Kier molecular flexibility index (Phi) is 5.32. The van der Waals surface area contributed by atoms with E-state index < -0.39 is 0 Å². The van der Waals surface area contributed by atoms with Crippen molar-refractivity contribution in [2.75, 3.05) is 26.0 Å². The number of likely N-dealkylation sites (N-methyl/N-ethyl adjacent to an activating group) is 1. The number of fused-ring (bicyclic) bond motifs is 1. The van der Waals surface area contributed by atoms with E-state index in [1.807, 2.05) is 14.1 Å². The van der Waals surface area contributed by atoms with Crippen molar-refractivity contribution in [3.63, 3.8) is 0 Å². The molecule has 1 aliphatic rings. The van der Waals surface area contributed by atoms with Crippen LogP contribution in [-0.2, 0) is 4.79 Å². The van der Waals surface area contributed by atoms with Crippen molar-refractivity contribution < 1.29 is 14.7 Å². The smallest absolute Gasteiger partial charge is 0.256 e. The zero-order valence-corrected chi connectivity index (χ0v) is 17.3. The third-order valence-electron chi connectivity index (χ3n) is 3.93. The predicted molar refractivity (Wildman–Crippen MR) is 109 cm³/mol.